The van der Waals surface area contributed by atoms with Gasteiger partial charge in [0.2, 0.25) is 46.6 Å². The van der Waals surface area contributed by atoms with Gasteiger partial charge in [0.25, 0.3) is 11.8 Å². The van der Waals surface area contributed by atoms with Crippen LogP contribution in [0.5, 0.6) is 23.0 Å². The largest absolute Gasteiger partial charge is 0.489 e. The Hall–Kier alpha value is -9.89. The topological polar surface area (TPSA) is 363 Å². The number of nitrogens with two attached hydrogens (primary N) is 5. The van der Waals surface area contributed by atoms with Gasteiger partial charge in [-0.3, -0.25) is 24.0 Å². The van der Waals surface area contributed by atoms with Crippen LogP contribution in [0.25, 0.3) is 0 Å². The zero-order valence-corrected chi connectivity index (χ0v) is 53.5. The third-order valence-electron chi connectivity index (χ3n) is 12.3. The summed E-state index contributed by atoms with van der Waals surface area (Å²) in [6.45, 7) is 10.6. The van der Waals surface area contributed by atoms with Crippen LogP contribution >= 0.6 is 34.8 Å². The molecule has 0 bridgehead atoms. The van der Waals surface area contributed by atoms with Crippen LogP contribution in [0.3, 0.4) is 0 Å². The van der Waals surface area contributed by atoms with E-state index in [9.17, 15) is 60.6 Å². The van der Waals surface area contributed by atoms with Crippen molar-refractivity contribution in [3.8, 4) is 23.0 Å². The lowest BCUT2D eigenvalue weighted by Crippen LogP contribution is -2.49. The molecule has 15 N–H and O–H groups in total. The number of ether oxygens (including phenoxy) is 4. The fourth-order valence-electron chi connectivity index (χ4n) is 7.75. The van der Waals surface area contributed by atoms with E-state index in [4.69, 9.17) is 82.8 Å². The predicted molar refractivity (Wildman–Crippen MR) is 378 cm³/mol. The second kappa shape index (κ2) is 43.4. The number of amides is 4. The molecule has 7 aromatic rings. The lowest BCUT2D eigenvalue weighted by atomic mass is 10.0. The summed E-state index contributed by atoms with van der Waals surface area (Å²) in [4.78, 5) is 82.5. The van der Waals surface area contributed by atoms with E-state index in [2.05, 4.69) is 20.7 Å². The van der Waals surface area contributed by atoms with Gasteiger partial charge in [0.1, 0.15) is 35.4 Å². The van der Waals surface area contributed by atoms with Gasteiger partial charge in [0.05, 0.1) is 45.5 Å². The average Bonchev–Trinajstić information content (AvgIpc) is 0.794. The van der Waals surface area contributed by atoms with Crippen molar-refractivity contribution >= 4 is 93.4 Å². The van der Waals surface area contributed by atoms with Crippen molar-refractivity contribution in [2.24, 2.45) is 11.5 Å². The molecule has 0 saturated heterocycles. The number of hydrogen-bond donors (Lipinski definition) is 10. The van der Waals surface area contributed by atoms with E-state index in [1.807, 2.05) is 27.7 Å². The molecule has 0 spiro atoms. The molecule has 0 fully saturated rings. The predicted octanol–water partition coefficient (Wildman–Crippen LogP) is 13.2. The van der Waals surface area contributed by atoms with E-state index in [1.165, 1.54) is 18.2 Å². The third-order valence-corrected chi connectivity index (χ3v) is 13.1. The summed E-state index contributed by atoms with van der Waals surface area (Å²) in [5.74, 6) is -17.5. The highest BCUT2D eigenvalue weighted by atomic mass is 35.5. The highest BCUT2D eigenvalue weighted by Crippen LogP contribution is 2.32. The summed E-state index contributed by atoms with van der Waals surface area (Å²) in [6, 6.07) is 30.6. The van der Waals surface area contributed by atoms with E-state index in [0.717, 1.165) is 28.8 Å². The fourth-order valence-corrected chi connectivity index (χ4v) is 8.43. The molecule has 0 aliphatic carbocycles. The van der Waals surface area contributed by atoms with Gasteiger partial charge in [-0.2, -0.15) is 8.78 Å². The SMILES string of the molecule is C.C.C.C.C.CC(C)Oc1ccc(C(=O)NC(Cc2ccc(N)cc2)C(=O)NCC(N)=O)cc1Cl.CC(C)Oc1ccc(C(=O)NC(Cc2ccc(N)cc2)C(=O)O)cc1Cl.CC(C)Oc1ccc(C(=O)Oc2c(F)c(F)c(F)c(F)c2F)cc1Cl.Nc1ccc(C[C@H](N)C(=O)O)cc1. The number of aliphatic carboxylic acids is 2. The van der Waals surface area contributed by atoms with Gasteiger partial charge in [-0.1, -0.05) is 108 Å². The number of carbonyl (C=O) groups is 7. The van der Waals surface area contributed by atoms with Gasteiger partial charge < -0.3 is 73.8 Å². The second-order valence-corrected chi connectivity index (χ2v) is 22.3. The maximum atomic E-state index is 13.5. The zero-order chi connectivity index (χ0) is 70.3. The number of rotatable bonds is 23. The van der Waals surface area contributed by atoms with E-state index in [0.29, 0.717) is 35.0 Å². The maximum Gasteiger partial charge on any atom is 0.343 e. The molecule has 0 radical (unpaired) electrons. The number of anilines is 3. The van der Waals surface area contributed by atoms with Crippen LogP contribution in [0.1, 0.15) is 126 Å². The molecule has 4 amide bonds. The molecular weight excluding hydrogens is 1360 g/mol. The smallest absolute Gasteiger partial charge is 0.343 e. The van der Waals surface area contributed by atoms with Gasteiger partial charge in [0, 0.05) is 41.0 Å². The Labute approximate surface area is 588 Å². The van der Waals surface area contributed by atoms with E-state index in [1.54, 1.807) is 111 Å². The van der Waals surface area contributed by atoms with Gasteiger partial charge in [-0.25, -0.2) is 22.8 Å². The monoisotopic (exact) mass is 1450 g/mol. The van der Waals surface area contributed by atoms with Crippen molar-refractivity contribution in [3.63, 3.8) is 0 Å². The molecule has 99 heavy (non-hydrogen) atoms. The summed E-state index contributed by atoms with van der Waals surface area (Å²) in [5, 5.41) is 26.1. The first kappa shape index (κ1) is 91.2. The van der Waals surface area contributed by atoms with Crippen LogP contribution < -0.4 is 63.6 Å². The number of benzene rings is 7. The first-order valence-corrected chi connectivity index (χ1v) is 29.3. The molecule has 21 nitrogen and oxygen atoms in total. The fraction of sp³-hybridized carbons (Fsp3) is 0.300. The highest BCUT2D eigenvalue weighted by molar-refractivity contribution is 6.33. The number of carbonyl (C=O) groups excluding carboxylic acids is 5. The summed E-state index contributed by atoms with van der Waals surface area (Å²) >= 11 is 18.2. The Morgan fingerprint density at radius 1 is 0.455 bits per heavy atom. The van der Waals surface area contributed by atoms with Gasteiger partial charge in [0.15, 0.2) is 0 Å². The minimum absolute atomic E-state index is 0. The first-order valence-electron chi connectivity index (χ1n) is 28.2. The van der Waals surface area contributed by atoms with Crippen LogP contribution in [-0.4, -0.2) is 94.7 Å². The second-order valence-electron chi connectivity index (χ2n) is 21.1. The molecule has 0 aliphatic rings. The molecule has 0 saturated carbocycles. The van der Waals surface area contributed by atoms with Gasteiger partial charge >= 0.3 is 17.9 Å². The van der Waals surface area contributed by atoms with Crippen LogP contribution in [0, 0.1) is 29.1 Å². The molecule has 2 unspecified atom stereocenters. The molecule has 0 aliphatic heterocycles. The number of nitrogens with one attached hydrogen (secondary N) is 3. The summed E-state index contributed by atoms with van der Waals surface area (Å²) in [6.07, 6.45) is 0.338. The molecule has 0 heterocycles. The Morgan fingerprint density at radius 2 is 0.768 bits per heavy atom. The molecule has 29 heteroatoms. The van der Waals surface area contributed by atoms with Crippen LogP contribution in [0.15, 0.2) is 127 Å². The number of esters is 1. The van der Waals surface area contributed by atoms with Crippen LogP contribution in [0.4, 0.5) is 39.0 Å². The molecule has 7 rings (SSSR count). The Balaban J connectivity index is 0. The molecule has 3 atom stereocenters. The molecule has 7 aromatic carbocycles. The third kappa shape index (κ3) is 29.8. The lowest BCUT2D eigenvalue weighted by molar-refractivity contribution is -0.139. The standard InChI is InChI=1S/C21H25ClN4O4.C19H21ClN2O4.C16H10ClF5O3.C9H12N2O2.5CH4/c1-12(2)30-18-8-5-14(10-16(18)22)20(28)26-17(21(29)25-11-19(24)27)9-13-3-6-15(23)7-4-13;1-11(2)26-17-8-5-13(10-15(17)20)18(23)22-16(19(24)25)9-12-3-6-14(21)7-4-12;1-6(2)24-9-4-3-7(5-8(9)17)16(23)25-15-13(21)11(19)10(18)12(20)14(15)22;10-7-3-1-6(2-4-7)5-8(11)9(12)13;;;;;/h3-8,10,12,17H,9,11,23H2,1-2H3,(H2,24,27)(H,25,29)(H,26,28);3-8,10-11,16H,9,21H2,1-2H3,(H,22,23)(H,24,25);3-6H,1-2H3;1-4,8H,5,10-11H2,(H,12,13);5*1H4/t;;;8-;;;;;/m...0...../s1. The van der Waals surface area contributed by atoms with Crippen molar-refractivity contribution in [2.75, 3.05) is 23.7 Å². The first-order chi connectivity index (χ1) is 44.1. The number of nitrogen functional groups attached to an aromatic ring is 3. The van der Waals surface area contributed by atoms with Crippen LogP contribution in [-0.2, 0) is 38.4 Å². The minimum Gasteiger partial charge on any atom is -0.489 e. The zero-order valence-electron chi connectivity index (χ0n) is 51.2. The number of halogens is 8. The van der Waals surface area contributed by atoms with E-state index >= 15 is 0 Å². The summed E-state index contributed by atoms with van der Waals surface area (Å²) in [5.41, 5.74) is 31.7. The van der Waals surface area contributed by atoms with Gasteiger partial charge in [-0.05, 0) is 156 Å². The number of carboxylic acids is 2. The van der Waals surface area contributed by atoms with E-state index in [-0.39, 0.29) is 112 Å². The quantitative estimate of drug-likeness (QED) is 0.00710. The highest BCUT2D eigenvalue weighted by Gasteiger charge is 2.30. The number of carboxylic acid groups (broad SMARTS) is 2. The van der Waals surface area contributed by atoms with Crippen molar-refractivity contribution < 1.29 is 84.7 Å². The van der Waals surface area contributed by atoms with E-state index < -0.39 is 94.5 Å². The minimum atomic E-state index is -2.35. The van der Waals surface area contributed by atoms with Crippen molar-refractivity contribution in [2.45, 2.75) is 134 Å². The summed E-state index contributed by atoms with van der Waals surface area (Å²) < 4.78 is 86.9. The van der Waals surface area contributed by atoms with Crippen molar-refractivity contribution in [3.05, 3.63) is 205 Å². The summed E-state index contributed by atoms with van der Waals surface area (Å²) in [7, 11) is 0. The van der Waals surface area contributed by atoms with Crippen molar-refractivity contribution in [1.82, 2.24) is 16.0 Å². The molecular formula is C70H88Cl3F5N8O13. The Bertz CT molecular complexity index is 3770. The molecule has 542 valence electrons. The lowest BCUT2D eigenvalue weighted by Gasteiger charge is -2.19. The van der Waals surface area contributed by atoms with Crippen molar-refractivity contribution in [1.29, 1.82) is 0 Å². The van der Waals surface area contributed by atoms with Gasteiger partial charge in [-0.15, -0.1) is 0 Å². The normalized spacial score (nSPS) is 11.0. The maximum absolute atomic E-state index is 13.5. The average molecular weight is 1450 g/mol. The Morgan fingerprint density at radius 3 is 1.09 bits per heavy atom. The van der Waals surface area contributed by atoms with Crippen LogP contribution in [0.2, 0.25) is 15.1 Å². The number of primary amides is 1. The number of hydrogen-bond acceptors (Lipinski definition) is 15. The Kier molecular flexibility index (Phi) is 40.0. The molecule has 0 aromatic heterocycles.